The average molecular weight is 315 g/mol. The van der Waals surface area contributed by atoms with E-state index in [0.717, 1.165) is 36.7 Å². The summed E-state index contributed by atoms with van der Waals surface area (Å²) < 4.78 is 7.90. The van der Waals surface area contributed by atoms with Crippen molar-refractivity contribution >= 4 is 0 Å². The summed E-state index contributed by atoms with van der Waals surface area (Å²) in [6.45, 7) is 8.38. The smallest absolute Gasteiger partial charge is 0.123 e. The van der Waals surface area contributed by atoms with Crippen molar-refractivity contribution in [1.29, 1.82) is 0 Å². The van der Waals surface area contributed by atoms with Crippen LogP contribution in [-0.2, 0) is 24.4 Å². The molecule has 3 rings (SSSR count). The van der Waals surface area contributed by atoms with Crippen LogP contribution in [-0.4, -0.2) is 45.4 Å². The Hall–Kier alpha value is -1.69. The van der Waals surface area contributed by atoms with Crippen LogP contribution in [0.5, 0.6) is 0 Å². The number of benzene rings is 1. The number of hydrogen-bond acceptors (Lipinski definition) is 4. The van der Waals surface area contributed by atoms with Crippen molar-refractivity contribution in [1.82, 2.24) is 14.5 Å². The molecule has 124 valence electrons. The third kappa shape index (κ3) is 3.99. The van der Waals surface area contributed by atoms with Crippen LogP contribution in [0.4, 0.5) is 0 Å². The van der Waals surface area contributed by atoms with Gasteiger partial charge >= 0.3 is 0 Å². The highest BCUT2D eigenvalue weighted by Gasteiger charge is 2.21. The second-order valence-corrected chi connectivity index (χ2v) is 6.24. The number of aliphatic hydroxyl groups is 1. The fraction of sp³-hybridized carbons (Fsp3) is 0.500. The highest BCUT2D eigenvalue weighted by molar-refractivity contribution is 5.15. The highest BCUT2D eigenvalue weighted by Crippen LogP contribution is 2.17. The van der Waals surface area contributed by atoms with E-state index < -0.39 is 6.10 Å². The number of hydrogen-bond donors (Lipinski definition) is 1. The number of imidazole rings is 1. The minimum atomic E-state index is -0.470. The monoisotopic (exact) mass is 315 g/mol. The molecule has 0 fully saturated rings. The minimum absolute atomic E-state index is 0.359. The summed E-state index contributed by atoms with van der Waals surface area (Å²) in [7, 11) is 0. The van der Waals surface area contributed by atoms with Gasteiger partial charge in [-0.1, -0.05) is 30.3 Å². The number of nitrogens with zero attached hydrogens (tertiary/aromatic N) is 3. The number of aliphatic hydroxyl groups excluding tert-OH is 1. The number of rotatable bonds is 6. The summed E-state index contributed by atoms with van der Waals surface area (Å²) in [5.74, 6) is 1.10. The van der Waals surface area contributed by atoms with Gasteiger partial charge in [0, 0.05) is 25.3 Å². The Morgan fingerprint density at radius 3 is 2.78 bits per heavy atom. The van der Waals surface area contributed by atoms with Crippen molar-refractivity contribution in [3.05, 3.63) is 53.1 Å². The molecule has 1 N–H and O–H groups in total. The largest absolute Gasteiger partial charge is 0.389 e. The Morgan fingerprint density at radius 2 is 2.00 bits per heavy atom. The zero-order valence-corrected chi connectivity index (χ0v) is 13.9. The molecule has 1 aromatic carbocycles. The van der Waals surface area contributed by atoms with Crippen LogP contribution in [0.15, 0.2) is 30.3 Å². The zero-order valence-electron chi connectivity index (χ0n) is 13.9. The summed E-state index contributed by atoms with van der Waals surface area (Å²) in [5, 5.41) is 10.2. The average Bonchev–Trinajstić information content (AvgIpc) is 2.82. The maximum absolute atomic E-state index is 10.2. The lowest BCUT2D eigenvalue weighted by Crippen LogP contribution is -2.40. The summed E-state index contributed by atoms with van der Waals surface area (Å²) in [6.07, 6.45) is -0.470. The lowest BCUT2D eigenvalue weighted by atomic mass is 10.2. The Balaban J connectivity index is 1.44. The number of aryl methyl sites for hydroxylation is 1. The molecule has 1 aliphatic heterocycles. The highest BCUT2D eigenvalue weighted by atomic mass is 16.5. The second-order valence-electron chi connectivity index (χ2n) is 6.24. The molecule has 5 nitrogen and oxygen atoms in total. The minimum Gasteiger partial charge on any atom is -0.389 e. The summed E-state index contributed by atoms with van der Waals surface area (Å²) >= 11 is 0. The van der Waals surface area contributed by atoms with Gasteiger partial charge in [-0.2, -0.15) is 0 Å². The van der Waals surface area contributed by atoms with Gasteiger partial charge in [-0.05, 0) is 19.4 Å². The van der Waals surface area contributed by atoms with E-state index in [1.54, 1.807) is 0 Å². The molecule has 5 heteroatoms. The number of ether oxygens (including phenoxy) is 1. The molecule has 0 bridgehead atoms. The number of aromatic nitrogens is 2. The number of β-amino-alcohol motifs (C(OH)–C–C–N with tert-alkyl or cyclic N) is 1. The van der Waals surface area contributed by atoms with Crippen LogP contribution < -0.4 is 0 Å². The fourth-order valence-corrected chi connectivity index (χ4v) is 3.06. The molecule has 23 heavy (non-hydrogen) atoms. The van der Waals surface area contributed by atoms with Crippen molar-refractivity contribution in [3.63, 3.8) is 0 Å². The SMILES string of the molecule is Cc1nc2n(c1C)CCN(CC(O)COCc1ccccc1)C2. The zero-order chi connectivity index (χ0) is 16.2. The van der Waals surface area contributed by atoms with Gasteiger partial charge < -0.3 is 14.4 Å². The van der Waals surface area contributed by atoms with Crippen molar-refractivity contribution < 1.29 is 9.84 Å². The summed E-state index contributed by atoms with van der Waals surface area (Å²) in [4.78, 5) is 6.87. The quantitative estimate of drug-likeness (QED) is 0.884. The topological polar surface area (TPSA) is 50.5 Å². The van der Waals surface area contributed by atoms with Gasteiger partial charge in [-0.25, -0.2) is 4.98 Å². The Labute approximate surface area is 137 Å². The molecule has 1 unspecified atom stereocenters. The molecule has 1 aliphatic rings. The predicted octanol–water partition coefficient (Wildman–Crippen LogP) is 1.89. The molecule has 0 aliphatic carbocycles. The van der Waals surface area contributed by atoms with E-state index >= 15 is 0 Å². The maximum atomic E-state index is 10.2. The maximum Gasteiger partial charge on any atom is 0.123 e. The van der Waals surface area contributed by atoms with E-state index in [1.165, 1.54) is 5.69 Å². The van der Waals surface area contributed by atoms with Gasteiger partial charge in [-0.3, -0.25) is 4.90 Å². The van der Waals surface area contributed by atoms with Crippen molar-refractivity contribution in [2.24, 2.45) is 0 Å². The fourth-order valence-electron chi connectivity index (χ4n) is 3.06. The molecule has 0 radical (unpaired) electrons. The summed E-state index contributed by atoms with van der Waals surface area (Å²) in [5.41, 5.74) is 3.49. The molecular weight excluding hydrogens is 290 g/mol. The van der Waals surface area contributed by atoms with Crippen LogP contribution in [0.25, 0.3) is 0 Å². The predicted molar refractivity (Wildman–Crippen MR) is 89.1 cm³/mol. The first-order valence-corrected chi connectivity index (χ1v) is 8.18. The first-order chi connectivity index (χ1) is 11.1. The van der Waals surface area contributed by atoms with E-state index in [-0.39, 0.29) is 0 Å². The van der Waals surface area contributed by atoms with Crippen LogP contribution in [0.3, 0.4) is 0 Å². The van der Waals surface area contributed by atoms with E-state index in [9.17, 15) is 5.11 Å². The molecule has 0 saturated carbocycles. The van der Waals surface area contributed by atoms with Gasteiger partial charge in [0.05, 0.1) is 31.6 Å². The molecule has 0 spiro atoms. The van der Waals surface area contributed by atoms with Gasteiger partial charge in [-0.15, -0.1) is 0 Å². The van der Waals surface area contributed by atoms with Crippen LogP contribution >= 0.6 is 0 Å². The number of fused-ring (bicyclic) bond motifs is 1. The van der Waals surface area contributed by atoms with Gasteiger partial charge in [0.15, 0.2) is 0 Å². The normalized spacial score (nSPS) is 16.3. The molecule has 0 amide bonds. The third-order valence-electron chi connectivity index (χ3n) is 4.43. The van der Waals surface area contributed by atoms with E-state index in [0.29, 0.717) is 19.8 Å². The Kier molecular flexibility index (Phi) is 5.10. The molecule has 2 aromatic rings. The van der Waals surface area contributed by atoms with Gasteiger partial charge in [0.25, 0.3) is 0 Å². The van der Waals surface area contributed by atoms with Crippen molar-refractivity contribution in [3.8, 4) is 0 Å². The lowest BCUT2D eigenvalue weighted by molar-refractivity contribution is 0.00537. The lowest BCUT2D eigenvalue weighted by Gasteiger charge is -2.29. The van der Waals surface area contributed by atoms with Crippen molar-refractivity contribution in [2.45, 2.75) is 39.6 Å². The first-order valence-electron chi connectivity index (χ1n) is 8.18. The molecular formula is C18H25N3O2. The standard InChI is InChI=1S/C18H25N3O2/c1-14-15(2)21-9-8-20(11-18(21)19-14)10-17(22)13-23-12-16-6-4-3-5-7-16/h3-7,17,22H,8-13H2,1-2H3. The summed E-state index contributed by atoms with van der Waals surface area (Å²) in [6, 6.07) is 10.0. The van der Waals surface area contributed by atoms with Crippen LogP contribution in [0.1, 0.15) is 22.8 Å². The van der Waals surface area contributed by atoms with Crippen LogP contribution in [0.2, 0.25) is 0 Å². The first kappa shape index (κ1) is 16.2. The second kappa shape index (κ2) is 7.25. The molecule has 1 aromatic heterocycles. The van der Waals surface area contributed by atoms with E-state index in [1.807, 2.05) is 30.3 Å². The van der Waals surface area contributed by atoms with Crippen LogP contribution in [0, 0.1) is 13.8 Å². The molecule has 1 atom stereocenters. The van der Waals surface area contributed by atoms with Gasteiger partial charge in [0.2, 0.25) is 0 Å². The Bertz CT molecular complexity index is 639. The van der Waals surface area contributed by atoms with E-state index in [4.69, 9.17) is 4.74 Å². The van der Waals surface area contributed by atoms with E-state index in [2.05, 4.69) is 28.3 Å². The third-order valence-corrected chi connectivity index (χ3v) is 4.43. The van der Waals surface area contributed by atoms with Gasteiger partial charge in [0.1, 0.15) is 5.82 Å². The molecule has 0 saturated heterocycles. The van der Waals surface area contributed by atoms with Crippen molar-refractivity contribution in [2.75, 3.05) is 19.7 Å². The Morgan fingerprint density at radius 1 is 1.22 bits per heavy atom. The molecule has 2 heterocycles.